The van der Waals surface area contributed by atoms with Crippen molar-refractivity contribution >= 4 is 0 Å². The second kappa shape index (κ2) is 4.39. The normalized spacial score (nSPS) is 31.1. The molecule has 0 amide bonds. The molecular formula is C14H18FNO. The molecule has 92 valence electrons. The van der Waals surface area contributed by atoms with E-state index in [1.165, 1.54) is 18.9 Å². The lowest BCUT2D eigenvalue weighted by Crippen LogP contribution is -2.37. The molecule has 2 aliphatic rings. The number of rotatable bonds is 3. The molecule has 2 nitrogen and oxygen atoms in total. The van der Waals surface area contributed by atoms with Crippen molar-refractivity contribution in [1.82, 2.24) is 5.32 Å². The highest BCUT2D eigenvalue weighted by molar-refractivity contribution is 5.26. The van der Waals surface area contributed by atoms with Gasteiger partial charge in [0.25, 0.3) is 0 Å². The molecule has 1 aromatic rings. The van der Waals surface area contributed by atoms with Crippen molar-refractivity contribution in [1.29, 1.82) is 0 Å². The first-order valence-corrected chi connectivity index (χ1v) is 6.36. The van der Waals surface area contributed by atoms with E-state index in [4.69, 9.17) is 4.74 Å². The zero-order valence-corrected chi connectivity index (χ0v) is 10.1. The smallest absolute Gasteiger partial charge is 0.123 e. The van der Waals surface area contributed by atoms with Crippen LogP contribution in [0.25, 0.3) is 0 Å². The SMILES string of the molecule is Cc1ccc(F)cc1CN[C@H]1C[C@H]2CC[C@@H]1O2. The van der Waals surface area contributed by atoms with Crippen LogP contribution in [0.5, 0.6) is 0 Å². The third-order valence-corrected chi connectivity index (χ3v) is 3.97. The minimum Gasteiger partial charge on any atom is -0.373 e. The van der Waals surface area contributed by atoms with Crippen LogP contribution in [0.1, 0.15) is 30.4 Å². The monoisotopic (exact) mass is 235 g/mol. The average molecular weight is 235 g/mol. The van der Waals surface area contributed by atoms with Gasteiger partial charge in [-0.15, -0.1) is 0 Å². The molecule has 0 radical (unpaired) electrons. The van der Waals surface area contributed by atoms with Crippen LogP contribution in [0, 0.1) is 12.7 Å². The maximum atomic E-state index is 13.1. The van der Waals surface area contributed by atoms with Crippen molar-refractivity contribution in [3.05, 3.63) is 35.1 Å². The Morgan fingerprint density at radius 1 is 1.41 bits per heavy atom. The Hall–Kier alpha value is -0.930. The molecule has 3 heteroatoms. The van der Waals surface area contributed by atoms with Gasteiger partial charge >= 0.3 is 0 Å². The van der Waals surface area contributed by atoms with E-state index in [9.17, 15) is 4.39 Å². The highest BCUT2D eigenvalue weighted by atomic mass is 19.1. The number of ether oxygens (including phenoxy) is 1. The number of benzene rings is 1. The molecule has 0 spiro atoms. The van der Waals surface area contributed by atoms with Crippen molar-refractivity contribution in [2.45, 2.75) is 51.0 Å². The Bertz CT molecular complexity index is 421. The van der Waals surface area contributed by atoms with Gasteiger partial charge in [-0.05, 0) is 49.4 Å². The van der Waals surface area contributed by atoms with Crippen LogP contribution in [-0.2, 0) is 11.3 Å². The summed E-state index contributed by atoms with van der Waals surface area (Å²) in [6.45, 7) is 2.76. The van der Waals surface area contributed by atoms with E-state index in [-0.39, 0.29) is 5.82 Å². The van der Waals surface area contributed by atoms with Gasteiger partial charge in [-0.1, -0.05) is 6.07 Å². The Labute approximate surface area is 101 Å². The molecule has 2 saturated heterocycles. The molecule has 2 aliphatic heterocycles. The maximum Gasteiger partial charge on any atom is 0.123 e. The molecule has 2 bridgehead atoms. The summed E-state index contributed by atoms with van der Waals surface area (Å²) >= 11 is 0. The topological polar surface area (TPSA) is 21.3 Å². The predicted octanol–water partition coefficient (Wildman–Crippen LogP) is 2.54. The second-order valence-electron chi connectivity index (χ2n) is 5.17. The summed E-state index contributed by atoms with van der Waals surface area (Å²) in [6.07, 6.45) is 4.34. The van der Waals surface area contributed by atoms with Gasteiger partial charge < -0.3 is 10.1 Å². The van der Waals surface area contributed by atoms with E-state index in [1.807, 2.05) is 13.0 Å². The highest BCUT2D eigenvalue weighted by Crippen LogP contribution is 2.34. The fraction of sp³-hybridized carbons (Fsp3) is 0.571. The quantitative estimate of drug-likeness (QED) is 0.869. The van der Waals surface area contributed by atoms with Gasteiger partial charge in [0.1, 0.15) is 5.82 Å². The summed E-state index contributed by atoms with van der Waals surface area (Å²) in [5.74, 6) is -0.156. The summed E-state index contributed by atoms with van der Waals surface area (Å²) < 4.78 is 18.9. The van der Waals surface area contributed by atoms with Crippen molar-refractivity contribution in [3.8, 4) is 0 Å². The average Bonchev–Trinajstić information content (AvgIpc) is 2.92. The molecule has 1 aromatic carbocycles. The summed E-state index contributed by atoms with van der Waals surface area (Å²) in [6, 6.07) is 5.43. The zero-order valence-electron chi connectivity index (χ0n) is 10.1. The Morgan fingerprint density at radius 2 is 2.29 bits per heavy atom. The summed E-state index contributed by atoms with van der Waals surface area (Å²) in [7, 11) is 0. The van der Waals surface area contributed by atoms with E-state index >= 15 is 0 Å². The molecule has 0 aromatic heterocycles. The van der Waals surface area contributed by atoms with Crippen molar-refractivity contribution in [2.24, 2.45) is 0 Å². The fourth-order valence-corrected chi connectivity index (χ4v) is 2.92. The van der Waals surface area contributed by atoms with Gasteiger partial charge in [0.15, 0.2) is 0 Å². The van der Waals surface area contributed by atoms with Crippen molar-refractivity contribution in [2.75, 3.05) is 0 Å². The first kappa shape index (κ1) is 11.2. The number of hydrogen-bond donors (Lipinski definition) is 1. The van der Waals surface area contributed by atoms with E-state index in [2.05, 4.69) is 5.32 Å². The molecular weight excluding hydrogens is 217 g/mol. The van der Waals surface area contributed by atoms with Crippen LogP contribution in [0.3, 0.4) is 0 Å². The number of halogens is 1. The lowest BCUT2D eigenvalue weighted by Gasteiger charge is -2.20. The molecule has 2 heterocycles. The van der Waals surface area contributed by atoms with E-state index in [0.717, 1.165) is 24.1 Å². The number of hydrogen-bond acceptors (Lipinski definition) is 2. The molecule has 17 heavy (non-hydrogen) atoms. The molecule has 0 saturated carbocycles. The minimum absolute atomic E-state index is 0.156. The Kier molecular flexibility index (Phi) is 2.89. The zero-order chi connectivity index (χ0) is 11.8. The van der Waals surface area contributed by atoms with Crippen molar-refractivity contribution in [3.63, 3.8) is 0 Å². The lowest BCUT2D eigenvalue weighted by molar-refractivity contribution is 0.0973. The van der Waals surface area contributed by atoms with Gasteiger partial charge in [0, 0.05) is 12.6 Å². The van der Waals surface area contributed by atoms with Crippen LogP contribution in [0.2, 0.25) is 0 Å². The van der Waals surface area contributed by atoms with Gasteiger partial charge in [0.2, 0.25) is 0 Å². The van der Waals surface area contributed by atoms with Gasteiger partial charge in [-0.3, -0.25) is 0 Å². The second-order valence-corrected chi connectivity index (χ2v) is 5.17. The van der Waals surface area contributed by atoms with Crippen LogP contribution < -0.4 is 5.32 Å². The summed E-state index contributed by atoms with van der Waals surface area (Å²) in [4.78, 5) is 0. The molecule has 3 atom stereocenters. The predicted molar refractivity (Wildman–Crippen MR) is 64.3 cm³/mol. The first-order valence-electron chi connectivity index (χ1n) is 6.36. The molecule has 3 rings (SSSR count). The standard InChI is InChI=1S/C14H18FNO/c1-9-2-3-11(15)6-10(9)8-16-13-7-12-4-5-14(13)17-12/h2-3,6,12-14,16H,4-5,7-8H2,1H3/t12-,13+,14+/m1/s1. The molecule has 1 N–H and O–H groups in total. The van der Waals surface area contributed by atoms with Crippen LogP contribution in [0.4, 0.5) is 4.39 Å². The number of aryl methyl sites for hydroxylation is 1. The third-order valence-electron chi connectivity index (χ3n) is 3.97. The third kappa shape index (κ3) is 2.22. The molecule has 2 fully saturated rings. The van der Waals surface area contributed by atoms with Crippen LogP contribution in [0.15, 0.2) is 18.2 Å². The number of nitrogens with one attached hydrogen (secondary N) is 1. The molecule has 0 unspecified atom stereocenters. The fourth-order valence-electron chi connectivity index (χ4n) is 2.92. The van der Waals surface area contributed by atoms with Gasteiger partial charge in [-0.25, -0.2) is 4.39 Å². The highest BCUT2D eigenvalue weighted by Gasteiger charge is 2.40. The summed E-state index contributed by atoms with van der Waals surface area (Å²) in [5.41, 5.74) is 2.19. The number of fused-ring (bicyclic) bond motifs is 2. The van der Waals surface area contributed by atoms with Gasteiger partial charge in [-0.2, -0.15) is 0 Å². The van der Waals surface area contributed by atoms with Crippen LogP contribution in [-0.4, -0.2) is 18.2 Å². The van der Waals surface area contributed by atoms with Gasteiger partial charge in [0.05, 0.1) is 12.2 Å². The van der Waals surface area contributed by atoms with E-state index in [1.54, 1.807) is 6.07 Å². The minimum atomic E-state index is -0.156. The molecule has 0 aliphatic carbocycles. The summed E-state index contributed by atoms with van der Waals surface area (Å²) in [5, 5.41) is 3.51. The Morgan fingerprint density at radius 3 is 3.00 bits per heavy atom. The maximum absolute atomic E-state index is 13.1. The Balaban J connectivity index is 1.62. The van der Waals surface area contributed by atoms with Crippen LogP contribution >= 0.6 is 0 Å². The first-order chi connectivity index (χ1) is 8.22. The lowest BCUT2D eigenvalue weighted by atomic mass is 9.95. The van der Waals surface area contributed by atoms with E-state index < -0.39 is 0 Å². The van der Waals surface area contributed by atoms with Crippen molar-refractivity contribution < 1.29 is 9.13 Å². The van der Waals surface area contributed by atoms with E-state index in [0.29, 0.717) is 18.2 Å². The largest absolute Gasteiger partial charge is 0.373 e.